The van der Waals surface area contributed by atoms with Crippen LogP contribution < -0.4 is 19.8 Å². The normalized spacial score (nSPS) is 12.6. The Morgan fingerprint density at radius 2 is 1.41 bits per heavy atom. The first-order valence-corrected chi connectivity index (χ1v) is 16.8. The van der Waals surface area contributed by atoms with E-state index in [1.807, 2.05) is 26.0 Å². The maximum absolute atomic E-state index is 14.2. The van der Waals surface area contributed by atoms with E-state index >= 15 is 0 Å². The average molecular weight is 633 g/mol. The number of aryl methyl sites for hydroxylation is 2. The molecule has 9 nitrogen and oxygen atoms in total. The van der Waals surface area contributed by atoms with Crippen molar-refractivity contribution in [2.45, 2.75) is 43.1 Å². The van der Waals surface area contributed by atoms with Gasteiger partial charge in [-0.2, -0.15) is 3.71 Å². The van der Waals surface area contributed by atoms with Crippen LogP contribution in [0.1, 0.15) is 24.5 Å². The lowest BCUT2D eigenvalue weighted by Gasteiger charge is -2.24. The summed E-state index contributed by atoms with van der Waals surface area (Å²) < 4.78 is 68.4. The molecule has 1 atom stereocenters. The monoisotopic (exact) mass is 632 g/mol. The van der Waals surface area contributed by atoms with E-state index in [0.29, 0.717) is 33.4 Å². The van der Waals surface area contributed by atoms with Crippen LogP contribution in [0.3, 0.4) is 0 Å². The minimum atomic E-state index is -4.69. The van der Waals surface area contributed by atoms with Crippen LogP contribution in [-0.4, -0.2) is 29.5 Å². The Morgan fingerprint density at radius 1 is 0.795 bits per heavy atom. The molecule has 1 unspecified atom stereocenters. The van der Waals surface area contributed by atoms with Crippen LogP contribution >= 0.6 is 0 Å². The number of nitrogens with zero attached hydrogens (tertiary/aromatic N) is 1. The molecular weight excluding hydrogens is 601 g/mol. The van der Waals surface area contributed by atoms with E-state index in [2.05, 4.69) is 0 Å². The number of sulfonamides is 2. The fourth-order valence-electron chi connectivity index (χ4n) is 4.81. The van der Waals surface area contributed by atoms with Gasteiger partial charge in [-0.25, -0.2) is 21.6 Å². The molecule has 1 heterocycles. The van der Waals surface area contributed by atoms with Crippen molar-refractivity contribution in [2.75, 3.05) is 10.3 Å². The lowest BCUT2D eigenvalue weighted by molar-refractivity contribution is 0.214. The number of benzene rings is 4. The number of nitrogens with two attached hydrogens (primary N) is 1. The van der Waals surface area contributed by atoms with Gasteiger partial charge in [0.25, 0.3) is 20.0 Å². The van der Waals surface area contributed by atoms with Crippen molar-refractivity contribution in [2.24, 2.45) is 5.73 Å². The number of rotatable bonds is 10. The highest BCUT2D eigenvalue weighted by Crippen LogP contribution is 2.34. The van der Waals surface area contributed by atoms with Crippen LogP contribution in [0.4, 0.5) is 5.69 Å². The molecule has 0 saturated heterocycles. The fraction of sp³-hybridized carbons (Fsp3) is 0.182. The van der Waals surface area contributed by atoms with Gasteiger partial charge < -0.3 is 14.9 Å². The molecule has 0 fully saturated rings. The number of ether oxygens (including phenoxy) is 1. The summed E-state index contributed by atoms with van der Waals surface area (Å²) in [5.74, 6) is 0.419. The molecule has 0 radical (unpaired) electrons. The third-order valence-corrected chi connectivity index (χ3v) is 11.4. The summed E-state index contributed by atoms with van der Waals surface area (Å²) in [5, 5.41) is 0.345. The molecule has 5 rings (SSSR count). The average Bonchev–Trinajstić information content (AvgIpc) is 2.98. The van der Waals surface area contributed by atoms with E-state index in [0.717, 1.165) is 11.1 Å². The highest BCUT2D eigenvalue weighted by Gasteiger charge is 2.37. The van der Waals surface area contributed by atoms with Crippen molar-refractivity contribution in [3.63, 3.8) is 0 Å². The Morgan fingerprint density at radius 3 is 2.02 bits per heavy atom. The molecule has 0 aliphatic rings. The van der Waals surface area contributed by atoms with Gasteiger partial charge in [-0.15, -0.1) is 0 Å². The molecule has 44 heavy (non-hydrogen) atoms. The van der Waals surface area contributed by atoms with E-state index in [1.54, 1.807) is 37.3 Å². The fourth-order valence-corrected chi connectivity index (χ4v) is 8.49. The van der Waals surface area contributed by atoms with Crippen molar-refractivity contribution >= 4 is 36.7 Å². The minimum absolute atomic E-state index is 0.153. The second-order valence-corrected chi connectivity index (χ2v) is 14.3. The van der Waals surface area contributed by atoms with Gasteiger partial charge in [0.05, 0.1) is 27.1 Å². The summed E-state index contributed by atoms with van der Waals surface area (Å²) in [6.07, 6.45) is 0.416. The molecule has 228 valence electrons. The molecule has 0 aliphatic heterocycles. The highest BCUT2D eigenvalue weighted by molar-refractivity contribution is 8.10. The summed E-state index contributed by atoms with van der Waals surface area (Å²) >= 11 is 0. The van der Waals surface area contributed by atoms with Crippen LogP contribution in [0.15, 0.2) is 116 Å². The smallest absolute Gasteiger partial charge is 0.344 e. The Hall–Kier alpha value is -4.45. The first kappa shape index (κ1) is 31.0. The highest BCUT2D eigenvalue weighted by atomic mass is 32.3. The lowest BCUT2D eigenvalue weighted by atomic mass is 10.0. The van der Waals surface area contributed by atoms with E-state index in [4.69, 9.17) is 14.9 Å². The molecule has 2 N–H and O–H groups in total. The summed E-state index contributed by atoms with van der Waals surface area (Å²) in [6.45, 7) is 5.93. The van der Waals surface area contributed by atoms with Crippen LogP contribution in [0.25, 0.3) is 22.1 Å². The van der Waals surface area contributed by atoms with Gasteiger partial charge in [-0.05, 0) is 106 Å². The van der Waals surface area contributed by atoms with E-state index < -0.39 is 25.7 Å². The van der Waals surface area contributed by atoms with Gasteiger partial charge in [0.15, 0.2) is 0 Å². The van der Waals surface area contributed by atoms with Crippen molar-refractivity contribution < 1.29 is 26.0 Å². The Bertz CT molecular complexity index is 2090. The maximum atomic E-state index is 14.2. The quantitative estimate of drug-likeness (QED) is 0.192. The van der Waals surface area contributed by atoms with Gasteiger partial charge in [-0.3, -0.25) is 0 Å². The zero-order valence-electron chi connectivity index (χ0n) is 24.4. The number of hydrogen-bond acceptors (Lipinski definition) is 8. The maximum Gasteiger partial charge on any atom is 0.344 e. The number of fused-ring (bicyclic) bond motifs is 1. The van der Waals surface area contributed by atoms with Gasteiger partial charge in [0.1, 0.15) is 11.3 Å². The molecule has 0 amide bonds. The van der Waals surface area contributed by atoms with Gasteiger partial charge >= 0.3 is 5.63 Å². The Labute approximate surface area is 256 Å². The van der Waals surface area contributed by atoms with Crippen molar-refractivity contribution in [1.29, 1.82) is 0 Å². The molecule has 0 spiro atoms. The van der Waals surface area contributed by atoms with Crippen molar-refractivity contribution in [1.82, 2.24) is 0 Å². The van der Waals surface area contributed by atoms with Crippen molar-refractivity contribution in [3.8, 4) is 16.9 Å². The van der Waals surface area contributed by atoms with Gasteiger partial charge in [-0.1, -0.05) is 42.0 Å². The van der Waals surface area contributed by atoms with E-state index in [-0.39, 0.29) is 32.7 Å². The Balaban J connectivity index is 1.67. The molecule has 5 aromatic rings. The Kier molecular flexibility index (Phi) is 8.64. The SMILES string of the molecule is Cc1ccc(S(=O)(=O)N(c2ccc3oc(=O)c(-c4ccccc4C)cc3c2)S(=O)(=O)c2ccc(OC(C)CCN)cc2)cc1. The summed E-state index contributed by atoms with van der Waals surface area (Å²) in [5.41, 5.74) is 7.61. The van der Waals surface area contributed by atoms with E-state index in [9.17, 15) is 21.6 Å². The van der Waals surface area contributed by atoms with E-state index in [1.165, 1.54) is 54.6 Å². The topological polar surface area (TPSA) is 137 Å². The largest absolute Gasteiger partial charge is 0.491 e. The lowest BCUT2D eigenvalue weighted by Crippen LogP contribution is -2.37. The molecule has 0 saturated carbocycles. The first-order chi connectivity index (χ1) is 20.9. The van der Waals surface area contributed by atoms with Gasteiger partial charge in [0, 0.05) is 5.39 Å². The molecule has 11 heteroatoms. The van der Waals surface area contributed by atoms with Crippen molar-refractivity contribution in [3.05, 3.63) is 119 Å². The predicted octanol–water partition coefficient (Wildman–Crippen LogP) is 5.78. The van der Waals surface area contributed by atoms with Crippen LogP contribution in [-0.2, 0) is 20.0 Å². The number of anilines is 1. The van der Waals surface area contributed by atoms with Crippen LogP contribution in [0, 0.1) is 13.8 Å². The third kappa shape index (κ3) is 6.12. The second kappa shape index (κ2) is 12.3. The molecule has 4 aromatic carbocycles. The molecule has 1 aromatic heterocycles. The molecule has 0 aliphatic carbocycles. The summed E-state index contributed by atoms with van der Waals surface area (Å²) in [4.78, 5) is 12.4. The summed E-state index contributed by atoms with van der Waals surface area (Å²) in [6, 6.07) is 24.4. The number of hydrogen-bond donors (Lipinski definition) is 1. The third-order valence-electron chi connectivity index (χ3n) is 7.15. The molecule has 0 bridgehead atoms. The zero-order valence-corrected chi connectivity index (χ0v) is 26.1. The predicted molar refractivity (Wildman–Crippen MR) is 171 cm³/mol. The first-order valence-electron chi connectivity index (χ1n) is 13.9. The second-order valence-electron chi connectivity index (χ2n) is 10.5. The summed E-state index contributed by atoms with van der Waals surface area (Å²) in [7, 11) is -9.34. The zero-order chi connectivity index (χ0) is 31.6. The molecular formula is C33H32N2O7S2. The van der Waals surface area contributed by atoms with Crippen LogP contribution in [0.5, 0.6) is 5.75 Å². The standard InChI is InChI=1S/C33H32N2O7S2/c1-22-8-13-28(14-9-22)43(37,38)35(44(39,40)29-15-11-27(12-16-29)41-24(3)18-19-34)26-10-17-32-25(20-26)21-31(33(36)42-32)30-7-5-4-6-23(30)2/h4-17,20-21,24H,18-19,34H2,1-3H3. The van der Waals surface area contributed by atoms with Gasteiger partial charge in [0.2, 0.25) is 0 Å². The minimum Gasteiger partial charge on any atom is -0.491 e. The van der Waals surface area contributed by atoms with Crippen LogP contribution in [0.2, 0.25) is 0 Å².